The van der Waals surface area contributed by atoms with Crippen LogP contribution in [0, 0.1) is 11.8 Å². The molecule has 0 aliphatic heterocycles. The van der Waals surface area contributed by atoms with Crippen LogP contribution in [-0.4, -0.2) is 6.11 Å². The predicted molar refractivity (Wildman–Crippen MR) is 99.7 cm³/mol. The van der Waals surface area contributed by atoms with Gasteiger partial charge in [0.15, 0.2) is 0 Å². The molecule has 1 aliphatic carbocycles. The molecule has 1 saturated carbocycles. The molecule has 25 heavy (non-hydrogen) atoms. The van der Waals surface area contributed by atoms with E-state index in [1.165, 1.54) is 24.8 Å². The lowest BCUT2D eigenvalue weighted by atomic mass is 9.80. The third-order valence-corrected chi connectivity index (χ3v) is 5.29. The topological polar surface area (TPSA) is 9.23 Å². The standard InChI is InChI=1S/C22H32F2O/c1-3-5-6-7-19-10-14-21(15-11-19)17-25-22(23,24)16-20-12-8-18(4-2)9-13-20/h4,10-11,14-15,18,20H,2-3,5-9,12-13,16-17H2,1H3/t18-,20-. The quantitative estimate of drug-likeness (QED) is 0.329. The number of allylic oxidation sites excluding steroid dienone is 1. The maximum Gasteiger partial charge on any atom is 0.356 e. The third kappa shape index (κ3) is 7.27. The second kappa shape index (κ2) is 10.1. The van der Waals surface area contributed by atoms with E-state index in [1.54, 1.807) is 0 Å². The van der Waals surface area contributed by atoms with Crippen molar-refractivity contribution in [1.29, 1.82) is 0 Å². The van der Waals surface area contributed by atoms with Crippen LogP contribution < -0.4 is 0 Å². The van der Waals surface area contributed by atoms with E-state index >= 15 is 0 Å². The van der Waals surface area contributed by atoms with Gasteiger partial charge in [0.25, 0.3) is 0 Å². The van der Waals surface area contributed by atoms with Crippen molar-refractivity contribution in [1.82, 2.24) is 0 Å². The average molecular weight is 350 g/mol. The lowest BCUT2D eigenvalue weighted by Crippen LogP contribution is -2.26. The molecule has 0 saturated heterocycles. The Kier molecular flexibility index (Phi) is 8.08. The maximum atomic E-state index is 14.1. The molecular weight excluding hydrogens is 318 g/mol. The number of hydrogen-bond acceptors (Lipinski definition) is 1. The average Bonchev–Trinajstić information content (AvgIpc) is 2.62. The Hall–Kier alpha value is -1.22. The van der Waals surface area contributed by atoms with Crippen LogP contribution in [0.1, 0.15) is 69.4 Å². The SMILES string of the molecule is C=C[C@H]1CC[C@H](CC(F)(F)OCc2ccc(CCCCC)cc2)CC1. The number of unbranched alkanes of at least 4 members (excludes halogenated alkanes) is 2. The largest absolute Gasteiger partial charge is 0.356 e. The maximum absolute atomic E-state index is 14.1. The molecule has 2 rings (SSSR count). The van der Waals surface area contributed by atoms with Crippen molar-refractivity contribution >= 4 is 0 Å². The van der Waals surface area contributed by atoms with Crippen molar-refractivity contribution in [2.45, 2.75) is 77.4 Å². The molecule has 1 fully saturated rings. The fourth-order valence-electron chi connectivity index (χ4n) is 3.59. The Morgan fingerprint density at radius 2 is 1.72 bits per heavy atom. The van der Waals surface area contributed by atoms with Crippen LogP contribution in [0.15, 0.2) is 36.9 Å². The number of aryl methyl sites for hydroxylation is 1. The summed E-state index contributed by atoms with van der Waals surface area (Å²) in [5, 5.41) is 0. The summed E-state index contributed by atoms with van der Waals surface area (Å²) in [5.74, 6) is 0.564. The number of rotatable bonds is 10. The van der Waals surface area contributed by atoms with Crippen molar-refractivity contribution in [3.8, 4) is 0 Å². The first-order chi connectivity index (χ1) is 12.0. The second-order valence-electron chi connectivity index (χ2n) is 7.42. The molecule has 0 atom stereocenters. The van der Waals surface area contributed by atoms with Gasteiger partial charge in [-0.2, -0.15) is 8.78 Å². The van der Waals surface area contributed by atoms with Gasteiger partial charge in [0.2, 0.25) is 0 Å². The van der Waals surface area contributed by atoms with Gasteiger partial charge in [0.05, 0.1) is 6.61 Å². The van der Waals surface area contributed by atoms with E-state index in [0.717, 1.165) is 37.7 Å². The van der Waals surface area contributed by atoms with Crippen molar-refractivity contribution in [3.05, 3.63) is 48.0 Å². The second-order valence-corrected chi connectivity index (χ2v) is 7.42. The normalized spacial score (nSPS) is 21.2. The van der Waals surface area contributed by atoms with E-state index in [1.807, 2.05) is 30.3 Å². The first-order valence-corrected chi connectivity index (χ1v) is 9.74. The summed E-state index contributed by atoms with van der Waals surface area (Å²) in [6, 6.07) is 7.88. The number of benzene rings is 1. The molecule has 0 aromatic heterocycles. The van der Waals surface area contributed by atoms with Crippen LogP contribution in [0.2, 0.25) is 0 Å². The smallest absolute Gasteiger partial charge is 0.316 e. The summed E-state index contributed by atoms with van der Waals surface area (Å²) in [7, 11) is 0. The van der Waals surface area contributed by atoms with Gasteiger partial charge < -0.3 is 4.74 Å². The van der Waals surface area contributed by atoms with Gasteiger partial charge in [-0.3, -0.25) is 0 Å². The van der Waals surface area contributed by atoms with E-state index in [-0.39, 0.29) is 18.9 Å². The number of alkyl halides is 2. The molecule has 0 spiro atoms. The van der Waals surface area contributed by atoms with Crippen LogP contribution in [0.25, 0.3) is 0 Å². The minimum atomic E-state index is -3.04. The minimum Gasteiger partial charge on any atom is -0.316 e. The van der Waals surface area contributed by atoms with Crippen molar-refractivity contribution in [2.75, 3.05) is 0 Å². The molecule has 0 bridgehead atoms. The first kappa shape index (κ1) is 20.1. The molecule has 3 heteroatoms. The summed E-state index contributed by atoms with van der Waals surface area (Å²) < 4.78 is 33.2. The number of halogens is 2. The molecule has 1 aliphatic rings. The molecule has 1 aromatic rings. The van der Waals surface area contributed by atoms with Gasteiger partial charge in [-0.1, -0.05) is 50.1 Å². The van der Waals surface area contributed by atoms with Gasteiger partial charge in [0, 0.05) is 6.42 Å². The summed E-state index contributed by atoms with van der Waals surface area (Å²) >= 11 is 0. The highest BCUT2D eigenvalue weighted by molar-refractivity contribution is 5.22. The van der Waals surface area contributed by atoms with Crippen LogP contribution in [0.5, 0.6) is 0 Å². The molecule has 0 amide bonds. The van der Waals surface area contributed by atoms with E-state index in [0.29, 0.717) is 5.92 Å². The van der Waals surface area contributed by atoms with Crippen molar-refractivity contribution in [2.24, 2.45) is 11.8 Å². The lowest BCUT2D eigenvalue weighted by Gasteiger charge is -2.29. The molecular formula is C22H32F2O. The third-order valence-electron chi connectivity index (χ3n) is 5.29. The molecule has 1 nitrogen and oxygen atoms in total. The Morgan fingerprint density at radius 3 is 2.32 bits per heavy atom. The molecule has 140 valence electrons. The first-order valence-electron chi connectivity index (χ1n) is 9.74. The Balaban J connectivity index is 1.74. The number of hydrogen-bond donors (Lipinski definition) is 0. The zero-order valence-electron chi connectivity index (χ0n) is 15.5. The van der Waals surface area contributed by atoms with Gasteiger partial charge in [0.1, 0.15) is 0 Å². The Morgan fingerprint density at radius 1 is 1.08 bits per heavy atom. The van der Waals surface area contributed by atoms with Crippen LogP contribution in [0.4, 0.5) is 8.78 Å². The highest BCUT2D eigenvalue weighted by atomic mass is 19.3. The zero-order chi connectivity index (χ0) is 18.1. The fraction of sp³-hybridized carbons (Fsp3) is 0.636. The highest BCUT2D eigenvalue weighted by Gasteiger charge is 2.35. The van der Waals surface area contributed by atoms with Crippen LogP contribution in [-0.2, 0) is 17.8 Å². The van der Waals surface area contributed by atoms with E-state index < -0.39 is 6.11 Å². The summed E-state index contributed by atoms with van der Waals surface area (Å²) in [5.41, 5.74) is 2.08. The van der Waals surface area contributed by atoms with Crippen LogP contribution in [0.3, 0.4) is 0 Å². The number of ether oxygens (including phenoxy) is 1. The molecule has 1 aromatic carbocycles. The summed E-state index contributed by atoms with van der Waals surface area (Å²) in [6.45, 7) is 5.96. The fourth-order valence-corrected chi connectivity index (χ4v) is 3.59. The van der Waals surface area contributed by atoms with Crippen molar-refractivity contribution < 1.29 is 13.5 Å². The van der Waals surface area contributed by atoms with Gasteiger partial charge in [-0.15, -0.1) is 6.58 Å². The highest BCUT2D eigenvalue weighted by Crippen LogP contribution is 2.36. The summed E-state index contributed by atoms with van der Waals surface area (Å²) in [4.78, 5) is 0. The van der Waals surface area contributed by atoms with E-state index in [2.05, 4.69) is 13.5 Å². The molecule has 0 unspecified atom stereocenters. The lowest BCUT2D eigenvalue weighted by molar-refractivity contribution is -0.256. The van der Waals surface area contributed by atoms with Crippen LogP contribution >= 0.6 is 0 Å². The van der Waals surface area contributed by atoms with Gasteiger partial charge in [-0.05, 0) is 61.5 Å². The Bertz CT molecular complexity index is 501. The zero-order valence-corrected chi connectivity index (χ0v) is 15.5. The van der Waals surface area contributed by atoms with Gasteiger partial charge in [-0.25, -0.2) is 0 Å². The molecule has 0 N–H and O–H groups in total. The van der Waals surface area contributed by atoms with E-state index in [4.69, 9.17) is 4.74 Å². The van der Waals surface area contributed by atoms with E-state index in [9.17, 15) is 8.78 Å². The van der Waals surface area contributed by atoms with Crippen molar-refractivity contribution in [3.63, 3.8) is 0 Å². The minimum absolute atomic E-state index is 0.0236. The molecule has 0 radical (unpaired) electrons. The monoisotopic (exact) mass is 350 g/mol. The van der Waals surface area contributed by atoms with Gasteiger partial charge >= 0.3 is 6.11 Å². The summed E-state index contributed by atoms with van der Waals surface area (Å²) in [6.07, 6.45) is 7.07. The Labute approximate surface area is 151 Å². The molecule has 0 heterocycles. The predicted octanol–water partition coefficient (Wildman–Crippen LogP) is 6.91.